The topological polar surface area (TPSA) is 79.7 Å². The van der Waals surface area contributed by atoms with Crippen LogP contribution in [0.4, 0.5) is 5.13 Å². The van der Waals surface area contributed by atoms with Crippen molar-refractivity contribution < 1.29 is 19.4 Å². The first-order chi connectivity index (χ1) is 15.2. The molecule has 1 fully saturated rings. The number of hydrogen-bond acceptors (Lipinski definition) is 6. The van der Waals surface area contributed by atoms with Crippen LogP contribution in [-0.4, -0.2) is 28.9 Å². The van der Waals surface area contributed by atoms with E-state index in [-0.39, 0.29) is 16.4 Å². The summed E-state index contributed by atoms with van der Waals surface area (Å²) in [5.41, 5.74) is 1.62. The Morgan fingerprint density at radius 1 is 1.12 bits per heavy atom. The number of amides is 1. The highest BCUT2D eigenvalue weighted by atomic mass is 35.5. The maximum absolute atomic E-state index is 13.1. The smallest absolute Gasteiger partial charge is 0.301 e. The molecule has 1 N–H and O–H groups in total. The van der Waals surface area contributed by atoms with Gasteiger partial charge in [0.05, 0.1) is 29.4 Å². The van der Waals surface area contributed by atoms with Crippen molar-refractivity contribution in [1.82, 2.24) is 4.98 Å². The molecule has 2 heterocycles. The molecule has 1 unspecified atom stereocenters. The molecule has 1 aliphatic rings. The van der Waals surface area contributed by atoms with Crippen LogP contribution in [-0.2, 0) is 9.59 Å². The van der Waals surface area contributed by atoms with Gasteiger partial charge in [-0.3, -0.25) is 14.5 Å². The number of ketones is 1. The van der Waals surface area contributed by atoms with Crippen molar-refractivity contribution in [2.24, 2.45) is 0 Å². The number of nitrogens with zero attached hydrogens (tertiary/aromatic N) is 2. The lowest BCUT2D eigenvalue weighted by Crippen LogP contribution is -2.29. The summed E-state index contributed by atoms with van der Waals surface area (Å²) in [7, 11) is 1.48. The maximum atomic E-state index is 13.1. The molecular weight excluding hydrogens is 471 g/mol. The zero-order valence-corrected chi connectivity index (χ0v) is 19.7. The van der Waals surface area contributed by atoms with E-state index in [1.807, 2.05) is 13.8 Å². The molecule has 0 radical (unpaired) electrons. The number of aliphatic hydroxyl groups is 1. The van der Waals surface area contributed by atoms with Gasteiger partial charge >= 0.3 is 5.91 Å². The molecule has 2 aromatic carbocycles. The molecule has 0 aliphatic carbocycles. The zero-order valence-electron chi connectivity index (χ0n) is 17.3. The van der Waals surface area contributed by atoms with Crippen molar-refractivity contribution in [3.8, 4) is 5.75 Å². The molecule has 9 heteroatoms. The molecule has 164 valence electrons. The van der Waals surface area contributed by atoms with Crippen LogP contribution in [0.5, 0.6) is 5.75 Å². The highest BCUT2D eigenvalue weighted by Crippen LogP contribution is 2.44. The number of hydrogen-bond donors (Lipinski definition) is 1. The molecule has 32 heavy (non-hydrogen) atoms. The van der Waals surface area contributed by atoms with E-state index in [4.69, 9.17) is 27.9 Å². The molecule has 3 aromatic rings. The number of ether oxygens (including phenoxy) is 1. The van der Waals surface area contributed by atoms with E-state index in [1.165, 1.54) is 29.4 Å². The average Bonchev–Trinajstić information content (AvgIpc) is 3.23. The summed E-state index contributed by atoms with van der Waals surface area (Å²) >= 11 is 13.6. The third-order valence-corrected chi connectivity index (χ3v) is 6.90. The molecule has 1 saturated heterocycles. The number of aromatic nitrogens is 1. The van der Waals surface area contributed by atoms with Gasteiger partial charge in [-0.05, 0) is 49.7 Å². The van der Waals surface area contributed by atoms with Crippen molar-refractivity contribution in [2.45, 2.75) is 19.9 Å². The van der Waals surface area contributed by atoms with Gasteiger partial charge in [0, 0.05) is 15.5 Å². The van der Waals surface area contributed by atoms with Gasteiger partial charge in [0.2, 0.25) is 0 Å². The van der Waals surface area contributed by atoms with Crippen molar-refractivity contribution >= 4 is 57.1 Å². The molecular formula is C23H18Cl2N2O4S. The minimum atomic E-state index is -0.877. The fourth-order valence-electron chi connectivity index (χ4n) is 3.52. The molecule has 1 amide bonds. The quantitative estimate of drug-likeness (QED) is 0.289. The summed E-state index contributed by atoms with van der Waals surface area (Å²) in [6, 6.07) is 10.5. The predicted molar refractivity (Wildman–Crippen MR) is 126 cm³/mol. The van der Waals surface area contributed by atoms with Crippen LogP contribution < -0.4 is 9.64 Å². The Labute approximate surface area is 198 Å². The van der Waals surface area contributed by atoms with E-state index in [2.05, 4.69) is 4.98 Å². The number of methoxy groups -OCH3 is 1. The minimum Gasteiger partial charge on any atom is -0.507 e. The maximum Gasteiger partial charge on any atom is 0.301 e. The number of aliphatic hydroxyl groups excluding tert-OH is 1. The van der Waals surface area contributed by atoms with Crippen LogP contribution in [0.3, 0.4) is 0 Å². The Hall–Kier alpha value is -2.87. The zero-order chi connectivity index (χ0) is 23.2. The number of carbonyl (C=O) groups excluding carboxylic acids is 2. The second-order valence-electron chi connectivity index (χ2n) is 7.21. The van der Waals surface area contributed by atoms with E-state index in [0.717, 1.165) is 10.6 Å². The first kappa shape index (κ1) is 22.3. The number of carbonyl (C=O) groups is 2. The Morgan fingerprint density at radius 2 is 1.81 bits per heavy atom. The van der Waals surface area contributed by atoms with Gasteiger partial charge in [0.25, 0.3) is 5.78 Å². The lowest BCUT2D eigenvalue weighted by Gasteiger charge is -2.23. The van der Waals surface area contributed by atoms with Crippen LogP contribution in [0.25, 0.3) is 5.76 Å². The molecule has 6 nitrogen and oxygen atoms in total. The van der Waals surface area contributed by atoms with Gasteiger partial charge in [-0.25, -0.2) is 4.98 Å². The largest absolute Gasteiger partial charge is 0.507 e. The molecule has 0 bridgehead atoms. The molecule has 1 aromatic heterocycles. The van der Waals surface area contributed by atoms with E-state index < -0.39 is 17.7 Å². The van der Waals surface area contributed by atoms with Crippen molar-refractivity contribution in [2.75, 3.05) is 12.0 Å². The van der Waals surface area contributed by atoms with Crippen LogP contribution >= 0.6 is 34.5 Å². The fraction of sp³-hybridized carbons (Fsp3) is 0.174. The SMILES string of the molecule is COc1ccc(/C(O)=C2\C(=O)C(=O)N(c3nc(C)c(C)s3)C2c2ccc(Cl)cc2)cc1Cl. The summed E-state index contributed by atoms with van der Waals surface area (Å²) in [5, 5.41) is 12.3. The fourth-order valence-corrected chi connectivity index (χ4v) is 4.84. The van der Waals surface area contributed by atoms with Crippen LogP contribution in [0.2, 0.25) is 10.0 Å². The third kappa shape index (κ3) is 3.77. The summed E-state index contributed by atoms with van der Waals surface area (Å²) in [6.07, 6.45) is 0. The number of Topliss-reactive ketones (excluding diaryl/α,β-unsaturated/α-hetero) is 1. The van der Waals surface area contributed by atoms with Gasteiger partial charge in [0.15, 0.2) is 5.13 Å². The van der Waals surface area contributed by atoms with Crippen LogP contribution in [0.1, 0.15) is 27.7 Å². The molecule has 1 aliphatic heterocycles. The van der Waals surface area contributed by atoms with E-state index in [1.54, 1.807) is 36.4 Å². The minimum absolute atomic E-state index is 0.0518. The average molecular weight is 489 g/mol. The normalized spacial score (nSPS) is 17.8. The lowest BCUT2D eigenvalue weighted by molar-refractivity contribution is -0.132. The summed E-state index contributed by atoms with van der Waals surface area (Å²) < 4.78 is 5.16. The number of aryl methyl sites for hydroxylation is 2. The Morgan fingerprint density at radius 3 is 2.38 bits per heavy atom. The number of thiazole rings is 1. The summed E-state index contributed by atoms with van der Waals surface area (Å²) in [4.78, 5) is 33.0. The summed E-state index contributed by atoms with van der Waals surface area (Å²) in [5.74, 6) is -1.48. The number of benzene rings is 2. The Bertz CT molecular complexity index is 1250. The number of anilines is 1. The van der Waals surface area contributed by atoms with Crippen LogP contribution in [0, 0.1) is 13.8 Å². The Balaban J connectivity index is 1.94. The third-order valence-electron chi connectivity index (χ3n) is 5.28. The Kier molecular flexibility index (Phi) is 5.99. The van der Waals surface area contributed by atoms with Crippen molar-refractivity contribution in [1.29, 1.82) is 0 Å². The molecule has 0 saturated carbocycles. The monoisotopic (exact) mass is 488 g/mol. The first-order valence-corrected chi connectivity index (χ1v) is 11.1. The standard InChI is InChI=1S/C23H18Cl2N2O4S/c1-11-12(2)32-23(26-11)27-19(13-4-7-15(24)8-5-13)18(21(29)22(27)30)20(28)14-6-9-17(31-3)16(25)10-14/h4-10,19,28H,1-3H3/b20-18+. The van der Waals surface area contributed by atoms with Gasteiger partial charge in [-0.1, -0.05) is 35.3 Å². The van der Waals surface area contributed by atoms with E-state index in [0.29, 0.717) is 27.0 Å². The number of rotatable bonds is 4. The van der Waals surface area contributed by atoms with Gasteiger partial charge in [-0.2, -0.15) is 0 Å². The number of halogens is 2. The van der Waals surface area contributed by atoms with Gasteiger partial charge < -0.3 is 9.84 Å². The van der Waals surface area contributed by atoms with Gasteiger partial charge in [0.1, 0.15) is 11.5 Å². The predicted octanol–water partition coefficient (Wildman–Crippen LogP) is 5.70. The first-order valence-electron chi connectivity index (χ1n) is 9.57. The van der Waals surface area contributed by atoms with E-state index in [9.17, 15) is 14.7 Å². The molecule has 1 atom stereocenters. The van der Waals surface area contributed by atoms with Crippen molar-refractivity contribution in [3.05, 3.63) is 79.8 Å². The summed E-state index contributed by atoms with van der Waals surface area (Å²) in [6.45, 7) is 3.73. The van der Waals surface area contributed by atoms with Gasteiger partial charge in [-0.15, -0.1) is 11.3 Å². The molecule has 0 spiro atoms. The lowest BCUT2D eigenvalue weighted by atomic mass is 9.95. The highest BCUT2D eigenvalue weighted by Gasteiger charge is 2.48. The highest BCUT2D eigenvalue weighted by molar-refractivity contribution is 7.16. The second kappa shape index (κ2) is 8.58. The molecule has 4 rings (SSSR count). The van der Waals surface area contributed by atoms with E-state index >= 15 is 0 Å². The second-order valence-corrected chi connectivity index (χ2v) is 9.23. The van der Waals surface area contributed by atoms with Crippen LogP contribution in [0.15, 0.2) is 48.0 Å². The van der Waals surface area contributed by atoms with Crippen molar-refractivity contribution in [3.63, 3.8) is 0 Å².